The summed E-state index contributed by atoms with van der Waals surface area (Å²) < 4.78 is 6.39. The summed E-state index contributed by atoms with van der Waals surface area (Å²) in [5.41, 5.74) is 0.0852. The van der Waals surface area contributed by atoms with Gasteiger partial charge in [-0.15, -0.1) is 0 Å². The fourth-order valence-electron chi connectivity index (χ4n) is 2.23. The fraction of sp³-hybridized carbons (Fsp3) is 0.538. The summed E-state index contributed by atoms with van der Waals surface area (Å²) in [7, 11) is 0. The Hall–Kier alpha value is -0.980. The van der Waals surface area contributed by atoms with Gasteiger partial charge in [0.25, 0.3) is 5.91 Å². The molecular weight excluding hydrogens is 312 g/mol. The second-order valence-electron chi connectivity index (χ2n) is 5.24. The van der Waals surface area contributed by atoms with Crippen LogP contribution in [-0.4, -0.2) is 52.3 Å². The number of pyridine rings is 1. The minimum atomic E-state index is -0.454. The molecule has 1 unspecified atom stereocenters. The van der Waals surface area contributed by atoms with Gasteiger partial charge in [0.1, 0.15) is 4.60 Å². The molecule has 1 aromatic heterocycles. The van der Waals surface area contributed by atoms with E-state index in [-0.39, 0.29) is 18.6 Å². The van der Waals surface area contributed by atoms with Crippen LogP contribution in [0.3, 0.4) is 0 Å². The van der Waals surface area contributed by atoms with Gasteiger partial charge in [-0.1, -0.05) is 0 Å². The quantitative estimate of drug-likeness (QED) is 0.835. The molecule has 1 N–H and O–H groups in total. The number of rotatable bonds is 2. The normalized spacial score (nSPS) is 22.3. The third kappa shape index (κ3) is 3.52. The van der Waals surface area contributed by atoms with E-state index in [1.54, 1.807) is 23.2 Å². The van der Waals surface area contributed by atoms with Crippen molar-refractivity contribution in [2.45, 2.75) is 25.6 Å². The summed E-state index contributed by atoms with van der Waals surface area (Å²) in [6.07, 6.45) is 1.21. The highest BCUT2D eigenvalue weighted by molar-refractivity contribution is 9.10. The molecule has 0 radical (unpaired) electrons. The molecule has 0 saturated carbocycles. The van der Waals surface area contributed by atoms with Crippen LogP contribution in [0.2, 0.25) is 0 Å². The molecule has 0 spiro atoms. The Morgan fingerprint density at radius 2 is 2.37 bits per heavy atom. The molecule has 0 aromatic carbocycles. The molecule has 1 fully saturated rings. The van der Waals surface area contributed by atoms with E-state index in [4.69, 9.17) is 4.74 Å². The molecule has 1 aliphatic rings. The number of aliphatic hydroxyl groups is 1. The van der Waals surface area contributed by atoms with Crippen LogP contribution in [-0.2, 0) is 4.74 Å². The predicted octanol–water partition coefficient (Wildman–Crippen LogP) is 1.46. The highest BCUT2D eigenvalue weighted by Gasteiger charge is 2.35. The number of amides is 1. The van der Waals surface area contributed by atoms with Crippen molar-refractivity contribution in [3.63, 3.8) is 0 Å². The zero-order valence-corrected chi connectivity index (χ0v) is 12.6. The third-order valence-corrected chi connectivity index (χ3v) is 3.42. The molecule has 6 heteroatoms. The Labute approximate surface area is 120 Å². The van der Waals surface area contributed by atoms with Crippen LogP contribution in [0.1, 0.15) is 24.2 Å². The minimum absolute atomic E-state index is 0.0881. The Balaban J connectivity index is 2.16. The van der Waals surface area contributed by atoms with Crippen molar-refractivity contribution in [1.82, 2.24) is 9.88 Å². The van der Waals surface area contributed by atoms with Gasteiger partial charge in [0.15, 0.2) is 0 Å². The van der Waals surface area contributed by atoms with E-state index in [0.717, 1.165) is 0 Å². The van der Waals surface area contributed by atoms with E-state index in [2.05, 4.69) is 20.9 Å². The maximum absolute atomic E-state index is 12.4. The predicted molar refractivity (Wildman–Crippen MR) is 73.9 cm³/mol. The van der Waals surface area contributed by atoms with Gasteiger partial charge in [0.2, 0.25) is 0 Å². The first kappa shape index (κ1) is 14.4. The molecule has 2 heterocycles. The topological polar surface area (TPSA) is 62.7 Å². The largest absolute Gasteiger partial charge is 0.394 e. The van der Waals surface area contributed by atoms with Gasteiger partial charge in [0.05, 0.1) is 23.9 Å². The highest BCUT2D eigenvalue weighted by Crippen LogP contribution is 2.22. The number of aliphatic hydroxyl groups excluding tert-OH is 1. The number of halogens is 1. The second-order valence-corrected chi connectivity index (χ2v) is 6.05. The van der Waals surface area contributed by atoms with Crippen molar-refractivity contribution < 1.29 is 14.6 Å². The van der Waals surface area contributed by atoms with E-state index in [0.29, 0.717) is 23.3 Å². The highest BCUT2D eigenvalue weighted by atomic mass is 79.9. The number of carbonyl (C=O) groups is 1. The van der Waals surface area contributed by atoms with Crippen LogP contribution in [0, 0.1) is 0 Å². The van der Waals surface area contributed by atoms with Crippen LogP contribution in [0.25, 0.3) is 0 Å². The zero-order valence-electron chi connectivity index (χ0n) is 11.0. The van der Waals surface area contributed by atoms with Crippen LogP contribution < -0.4 is 0 Å². The number of aromatic nitrogens is 1. The maximum Gasteiger partial charge on any atom is 0.255 e. The number of carbonyl (C=O) groups excluding carboxylic acids is 1. The Morgan fingerprint density at radius 3 is 2.95 bits per heavy atom. The molecule has 1 aromatic rings. The van der Waals surface area contributed by atoms with Gasteiger partial charge in [-0.25, -0.2) is 4.98 Å². The average Bonchev–Trinajstić information content (AvgIpc) is 2.37. The first-order chi connectivity index (χ1) is 8.91. The lowest BCUT2D eigenvalue weighted by Crippen LogP contribution is -2.55. The standard InChI is InChI=1S/C13H17BrN2O3/c1-13(2)8-16(6-10(7-17)19-13)12(18)9-3-4-11(14)15-5-9/h3-5,10,17H,6-8H2,1-2H3. The smallest absolute Gasteiger partial charge is 0.255 e. The van der Waals surface area contributed by atoms with E-state index in [9.17, 15) is 9.90 Å². The summed E-state index contributed by atoms with van der Waals surface area (Å²) in [4.78, 5) is 18.2. The molecule has 1 saturated heterocycles. The minimum Gasteiger partial charge on any atom is -0.394 e. The lowest BCUT2D eigenvalue weighted by Gasteiger charge is -2.42. The van der Waals surface area contributed by atoms with Crippen molar-refractivity contribution in [2.24, 2.45) is 0 Å². The number of hydrogen-bond acceptors (Lipinski definition) is 4. The molecule has 1 atom stereocenters. The SMILES string of the molecule is CC1(C)CN(C(=O)c2ccc(Br)nc2)CC(CO)O1. The molecule has 2 rings (SSSR count). The maximum atomic E-state index is 12.4. The van der Waals surface area contributed by atoms with Crippen molar-refractivity contribution in [3.8, 4) is 0 Å². The van der Waals surface area contributed by atoms with E-state index < -0.39 is 5.60 Å². The van der Waals surface area contributed by atoms with Crippen LogP contribution in [0.4, 0.5) is 0 Å². The monoisotopic (exact) mass is 328 g/mol. The zero-order chi connectivity index (χ0) is 14.0. The van der Waals surface area contributed by atoms with Gasteiger partial charge < -0.3 is 14.7 Å². The summed E-state index contributed by atoms with van der Waals surface area (Å²) >= 11 is 3.24. The lowest BCUT2D eigenvalue weighted by atomic mass is 10.0. The molecule has 5 nitrogen and oxygen atoms in total. The van der Waals surface area contributed by atoms with Crippen molar-refractivity contribution in [2.75, 3.05) is 19.7 Å². The number of nitrogens with zero attached hydrogens (tertiary/aromatic N) is 2. The van der Waals surface area contributed by atoms with E-state index in [1.165, 1.54) is 0 Å². The number of ether oxygens (including phenoxy) is 1. The van der Waals surface area contributed by atoms with Gasteiger partial charge in [-0.3, -0.25) is 4.79 Å². The lowest BCUT2D eigenvalue weighted by molar-refractivity contribution is -0.139. The fourth-order valence-corrected chi connectivity index (χ4v) is 2.46. The number of hydrogen-bond donors (Lipinski definition) is 1. The Kier molecular flexibility index (Phi) is 4.23. The van der Waals surface area contributed by atoms with Crippen molar-refractivity contribution in [3.05, 3.63) is 28.5 Å². The van der Waals surface area contributed by atoms with Gasteiger partial charge in [-0.2, -0.15) is 0 Å². The summed E-state index contributed by atoms with van der Waals surface area (Å²) in [6, 6.07) is 3.47. The third-order valence-electron chi connectivity index (χ3n) is 2.95. The summed E-state index contributed by atoms with van der Waals surface area (Å²) in [6.45, 7) is 4.63. The summed E-state index contributed by atoms with van der Waals surface area (Å²) in [5, 5.41) is 9.25. The molecule has 0 aliphatic carbocycles. The molecule has 1 aliphatic heterocycles. The van der Waals surface area contributed by atoms with Crippen LogP contribution in [0.5, 0.6) is 0 Å². The molecule has 104 valence electrons. The van der Waals surface area contributed by atoms with Gasteiger partial charge in [0, 0.05) is 19.3 Å². The molecule has 1 amide bonds. The second kappa shape index (κ2) is 5.56. The Morgan fingerprint density at radius 1 is 1.63 bits per heavy atom. The van der Waals surface area contributed by atoms with Crippen molar-refractivity contribution >= 4 is 21.8 Å². The average molecular weight is 329 g/mol. The number of morpholine rings is 1. The summed E-state index contributed by atoms with van der Waals surface area (Å²) in [5.74, 6) is -0.0881. The Bertz CT molecular complexity index is 461. The van der Waals surface area contributed by atoms with Crippen LogP contribution in [0.15, 0.2) is 22.9 Å². The molecule has 19 heavy (non-hydrogen) atoms. The van der Waals surface area contributed by atoms with Gasteiger partial charge in [-0.05, 0) is 41.9 Å². The first-order valence-electron chi connectivity index (χ1n) is 6.11. The first-order valence-corrected chi connectivity index (χ1v) is 6.90. The van der Waals surface area contributed by atoms with E-state index >= 15 is 0 Å². The van der Waals surface area contributed by atoms with E-state index in [1.807, 2.05) is 13.8 Å². The van der Waals surface area contributed by atoms with Gasteiger partial charge >= 0.3 is 0 Å². The van der Waals surface area contributed by atoms with Crippen LogP contribution >= 0.6 is 15.9 Å². The van der Waals surface area contributed by atoms with Crippen molar-refractivity contribution in [1.29, 1.82) is 0 Å². The molecule has 0 bridgehead atoms. The molecular formula is C13H17BrN2O3.